The quantitative estimate of drug-likeness (QED) is 0.690. The van der Waals surface area contributed by atoms with Crippen molar-refractivity contribution in [3.8, 4) is 0 Å². The predicted molar refractivity (Wildman–Crippen MR) is 76.3 cm³/mol. The highest BCUT2D eigenvalue weighted by Crippen LogP contribution is 2.22. The van der Waals surface area contributed by atoms with Crippen molar-refractivity contribution in [2.75, 3.05) is 12.4 Å². The number of hydrogen-bond donors (Lipinski definition) is 2. The fourth-order valence-corrected chi connectivity index (χ4v) is 1.80. The molecule has 3 aromatic rings. The van der Waals surface area contributed by atoms with Crippen LogP contribution in [0.2, 0.25) is 0 Å². The van der Waals surface area contributed by atoms with Crippen molar-refractivity contribution in [3.63, 3.8) is 0 Å². The van der Waals surface area contributed by atoms with Gasteiger partial charge in [0.25, 0.3) is 0 Å². The van der Waals surface area contributed by atoms with Gasteiger partial charge in [-0.2, -0.15) is 15.3 Å². The van der Waals surface area contributed by atoms with Crippen molar-refractivity contribution in [1.29, 1.82) is 0 Å². The number of nitrogens with zero attached hydrogens (tertiary/aromatic N) is 3. The molecule has 0 spiro atoms. The van der Waals surface area contributed by atoms with Crippen LogP contribution in [0.1, 0.15) is 0 Å². The molecule has 1 aromatic heterocycles. The van der Waals surface area contributed by atoms with E-state index in [4.69, 9.17) is 0 Å². The topological polar surface area (TPSA) is 65.4 Å². The van der Waals surface area contributed by atoms with Gasteiger partial charge in [0, 0.05) is 18.1 Å². The highest BCUT2D eigenvalue weighted by molar-refractivity contribution is 5.80. The standard InChI is InChI=1S/C14H13N5/c1-15-11-2-4-12(5-3-11)17-18-13-6-7-14-10(8-13)9-16-19-14/h2-9,15H,1H3,(H,16,19). The summed E-state index contributed by atoms with van der Waals surface area (Å²) in [5, 5.41) is 19.4. The zero-order valence-corrected chi connectivity index (χ0v) is 10.5. The monoisotopic (exact) mass is 251 g/mol. The van der Waals surface area contributed by atoms with Crippen molar-refractivity contribution in [2.24, 2.45) is 10.2 Å². The van der Waals surface area contributed by atoms with Crippen molar-refractivity contribution >= 4 is 28.0 Å². The lowest BCUT2D eigenvalue weighted by atomic mass is 10.2. The minimum Gasteiger partial charge on any atom is -0.388 e. The molecule has 0 saturated heterocycles. The SMILES string of the molecule is CNc1ccc(N=Nc2ccc3[nH]ncc3c2)cc1. The molecule has 0 aliphatic heterocycles. The van der Waals surface area contributed by atoms with Gasteiger partial charge in [0.1, 0.15) is 0 Å². The van der Waals surface area contributed by atoms with E-state index >= 15 is 0 Å². The predicted octanol–water partition coefficient (Wildman–Crippen LogP) is 4.02. The van der Waals surface area contributed by atoms with Crippen LogP contribution in [-0.2, 0) is 0 Å². The van der Waals surface area contributed by atoms with E-state index in [9.17, 15) is 0 Å². The van der Waals surface area contributed by atoms with Crippen LogP contribution in [-0.4, -0.2) is 17.2 Å². The molecule has 0 atom stereocenters. The summed E-state index contributed by atoms with van der Waals surface area (Å²) >= 11 is 0. The second-order valence-electron chi connectivity index (χ2n) is 4.14. The Morgan fingerprint density at radius 2 is 1.74 bits per heavy atom. The van der Waals surface area contributed by atoms with Crippen LogP contribution in [0, 0.1) is 0 Å². The Morgan fingerprint density at radius 3 is 2.53 bits per heavy atom. The number of aromatic nitrogens is 2. The Balaban J connectivity index is 1.84. The Labute approximate surface area is 110 Å². The van der Waals surface area contributed by atoms with Gasteiger partial charge in [0.2, 0.25) is 0 Å². The van der Waals surface area contributed by atoms with Crippen LogP contribution in [0.25, 0.3) is 10.9 Å². The third-order valence-corrected chi connectivity index (χ3v) is 2.86. The van der Waals surface area contributed by atoms with Gasteiger partial charge in [-0.1, -0.05) is 0 Å². The second-order valence-corrected chi connectivity index (χ2v) is 4.14. The minimum absolute atomic E-state index is 0.812. The molecule has 5 heteroatoms. The fourth-order valence-electron chi connectivity index (χ4n) is 1.80. The number of anilines is 1. The molecule has 0 aliphatic carbocycles. The minimum atomic E-state index is 0.812. The van der Waals surface area contributed by atoms with Gasteiger partial charge in [0.05, 0.1) is 23.1 Å². The first-order valence-corrected chi connectivity index (χ1v) is 5.98. The van der Waals surface area contributed by atoms with Gasteiger partial charge in [-0.3, -0.25) is 5.10 Å². The van der Waals surface area contributed by atoms with E-state index in [1.54, 1.807) is 6.20 Å². The van der Waals surface area contributed by atoms with E-state index in [0.717, 1.165) is 28.0 Å². The smallest absolute Gasteiger partial charge is 0.0865 e. The summed E-state index contributed by atoms with van der Waals surface area (Å²) in [6.45, 7) is 0. The average molecular weight is 251 g/mol. The van der Waals surface area contributed by atoms with Gasteiger partial charge in [-0.25, -0.2) is 0 Å². The molecule has 0 radical (unpaired) electrons. The summed E-state index contributed by atoms with van der Waals surface area (Å²) in [6.07, 6.45) is 1.77. The van der Waals surface area contributed by atoms with E-state index in [-0.39, 0.29) is 0 Å². The summed E-state index contributed by atoms with van der Waals surface area (Å²) in [4.78, 5) is 0. The molecule has 0 aliphatic rings. The third-order valence-electron chi connectivity index (χ3n) is 2.86. The second kappa shape index (κ2) is 4.89. The number of fused-ring (bicyclic) bond motifs is 1. The molecule has 2 aromatic carbocycles. The molecule has 19 heavy (non-hydrogen) atoms. The van der Waals surface area contributed by atoms with Crippen LogP contribution in [0.5, 0.6) is 0 Å². The van der Waals surface area contributed by atoms with Crippen molar-refractivity contribution in [1.82, 2.24) is 10.2 Å². The van der Waals surface area contributed by atoms with Crippen LogP contribution in [0.15, 0.2) is 58.9 Å². The Morgan fingerprint density at radius 1 is 1.00 bits per heavy atom. The highest BCUT2D eigenvalue weighted by atomic mass is 15.1. The maximum absolute atomic E-state index is 4.22. The van der Waals surface area contributed by atoms with Crippen molar-refractivity contribution in [3.05, 3.63) is 48.7 Å². The highest BCUT2D eigenvalue weighted by Gasteiger charge is 1.97. The van der Waals surface area contributed by atoms with Gasteiger partial charge < -0.3 is 5.32 Å². The van der Waals surface area contributed by atoms with Gasteiger partial charge in [-0.05, 0) is 42.5 Å². The summed E-state index contributed by atoms with van der Waals surface area (Å²) in [5.74, 6) is 0. The summed E-state index contributed by atoms with van der Waals surface area (Å²) in [5.41, 5.74) is 3.69. The molecule has 94 valence electrons. The normalized spacial score (nSPS) is 11.2. The lowest BCUT2D eigenvalue weighted by molar-refractivity contribution is 1.12. The van der Waals surface area contributed by atoms with Crippen molar-refractivity contribution in [2.45, 2.75) is 0 Å². The lowest BCUT2D eigenvalue weighted by Gasteiger charge is -1.98. The first-order chi connectivity index (χ1) is 9.35. The molecular formula is C14H13N5. The summed E-state index contributed by atoms with van der Waals surface area (Å²) in [6, 6.07) is 13.6. The van der Waals surface area contributed by atoms with E-state index in [1.165, 1.54) is 0 Å². The molecule has 0 bridgehead atoms. The number of rotatable bonds is 3. The molecule has 0 saturated carbocycles. The largest absolute Gasteiger partial charge is 0.388 e. The van der Waals surface area contributed by atoms with Crippen LogP contribution < -0.4 is 5.32 Å². The zero-order valence-electron chi connectivity index (χ0n) is 10.5. The van der Waals surface area contributed by atoms with E-state index < -0.39 is 0 Å². The Kier molecular flexibility index (Phi) is 2.94. The van der Waals surface area contributed by atoms with Crippen LogP contribution >= 0.6 is 0 Å². The third kappa shape index (κ3) is 2.44. The molecule has 2 N–H and O–H groups in total. The number of nitrogens with one attached hydrogen (secondary N) is 2. The van der Waals surface area contributed by atoms with Gasteiger partial charge in [-0.15, -0.1) is 0 Å². The van der Waals surface area contributed by atoms with E-state index in [1.807, 2.05) is 49.5 Å². The van der Waals surface area contributed by atoms with Crippen LogP contribution in [0.4, 0.5) is 17.1 Å². The molecule has 0 unspecified atom stereocenters. The Hall–Kier alpha value is -2.69. The molecule has 0 fully saturated rings. The van der Waals surface area contributed by atoms with Gasteiger partial charge in [0.15, 0.2) is 0 Å². The lowest BCUT2D eigenvalue weighted by Crippen LogP contribution is -1.84. The molecule has 5 nitrogen and oxygen atoms in total. The first kappa shape index (κ1) is 11.4. The number of H-pyrrole nitrogens is 1. The molecule has 0 amide bonds. The fraction of sp³-hybridized carbons (Fsp3) is 0.0714. The maximum atomic E-state index is 4.22. The van der Waals surface area contributed by atoms with E-state index in [0.29, 0.717) is 0 Å². The summed E-state index contributed by atoms with van der Waals surface area (Å²) in [7, 11) is 1.89. The Bertz CT molecular complexity index is 712. The summed E-state index contributed by atoms with van der Waals surface area (Å²) < 4.78 is 0. The van der Waals surface area contributed by atoms with Crippen LogP contribution in [0.3, 0.4) is 0 Å². The van der Waals surface area contributed by atoms with E-state index in [2.05, 4.69) is 25.7 Å². The van der Waals surface area contributed by atoms with Gasteiger partial charge >= 0.3 is 0 Å². The first-order valence-electron chi connectivity index (χ1n) is 5.98. The average Bonchev–Trinajstić information content (AvgIpc) is 2.93. The number of hydrogen-bond acceptors (Lipinski definition) is 4. The number of aromatic amines is 1. The maximum Gasteiger partial charge on any atom is 0.0865 e. The zero-order chi connectivity index (χ0) is 13.1. The molecular weight excluding hydrogens is 238 g/mol. The molecule has 3 rings (SSSR count). The number of azo groups is 1. The molecule has 1 heterocycles. The van der Waals surface area contributed by atoms with Crippen molar-refractivity contribution < 1.29 is 0 Å². The number of benzene rings is 2.